The Labute approximate surface area is 102 Å². The number of nitrogens with zero attached hydrogens (tertiary/aromatic N) is 1. The molecular formula is C11H22N4O2. The average Bonchev–Trinajstić information content (AvgIpc) is 2.33. The first-order valence-corrected chi connectivity index (χ1v) is 5.69. The summed E-state index contributed by atoms with van der Waals surface area (Å²) in [7, 11) is 0. The standard InChI is InChI=1S/C11H22N4O2/c1-3-6-13-10(16)9-15-11(12)14-7-5-8-17-4-2/h3H,1,4-9H2,2H3,(H,13,16)(H3,12,14,15). The summed E-state index contributed by atoms with van der Waals surface area (Å²) in [5, 5.41) is 5.50. The van der Waals surface area contributed by atoms with Gasteiger partial charge in [0, 0.05) is 26.3 Å². The number of amides is 1. The van der Waals surface area contributed by atoms with Crippen LogP contribution in [-0.2, 0) is 9.53 Å². The summed E-state index contributed by atoms with van der Waals surface area (Å²) in [5.41, 5.74) is 5.56. The molecule has 0 aromatic heterocycles. The van der Waals surface area contributed by atoms with Gasteiger partial charge in [0.25, 0.3) is 0 Å². The van der Waals surface area contributed by atoms with Gasteiger partial charge < -0.3 is 21.1 Å². The van der Waals surface area contributed by atoms with Crippen LogP contribution in [0.1, 0.15) is 13.3 Å². The van der Waals surface area contributed by atoms with E-state index in [4.69, 9.17) is 10.5 Å². The second-order valence-electron chi connectivity index (χ2n) is 3.27. The summed E-state index contributed by atoms with van der Waals surface area (Å²) in [6.07, 6.45) is 2.46. The van der Waals surface area contributed by atoms with Crippen molar-refractivity contribution in [3.05, 3.63) is 12.7 Å². The zero-order valence-corrected chi connectivity index (χ0v) is 10.4. The molecule has 0 radical (unpaired) electrons. The second kappa shape index (κ2) is 10.9. The number of guanidine groups is 1. The van der Waals surface area contributed by atoms with Gasteiger partial charge in [-0.2, -0.15) is 0 Å². The zero-order valence-electron chi connectivity index (χ0n) is 10.4. The molecule has 0 aromatic rings. The molecular weight excluding hydrogens is 220 g/mol. The number of rotatable bonds is 9. The van der Waals surface area contributed by atoms with E-state index in [1.807, 2.05) is 6.92 Å². The largest absolute Gasteiger partial charge is 0.382 e. The summed E-state index contributed by atoms with van der Waals surface area (Å²) in [6, 6.07) is 0. The molecule has 98 valence electrons. The Morgan fingerprint density at radius 3 is 2.94 bits per heavy atom. The Hall–Kier alpha value is -1.56. The van der Waals surface area contributed by atoms with Gasteiger partial charge in [0.1, 0.15) is 6.54 Å². The molecule has 0 bridgehead atoms. The number of hydrogen-bond acceptors (Lipinski definition) is 3. The molecule has 0 rings (SSSR count). The number of carbonyl (C=O) groups is 1. The van der Waals surface area contributed by atoms with Crippen molar-refractivity contribution in [2.75, 3.05) is 32.8 Å². The van der Waals surface area contributed by atoms with Crippen LogP contribution >= 0.6 is 0 Å². The Kier molecular flexibility index (Phi) is 9.94. The van der Waals surface area contributed by atoms with Crippen LogP contribution in [0.4, 0.5) is 0 Å². The number of ether oxygens (including phenoxy) is 1. The lowest BCUT2D eigenvalue weighted by atomic mass is 10.4. The van der Waals surface area contributed by atoms with Crippen LogP contribution in [0.2, 0.25) is 0 Å². The molecule has 0 aliphatic heterocycles. The Morgan fingerprint density at radius 2 is 2.29 bits per heavy atom. The molecule has 0 heterocycles. The molecule has 0 atom stereocenters. The van der Waals surface area contributed by atoms with Crippen LogP contribution in [0.15, 0.2) is 17.6 Å². The minimum Gasteiger partial charge on any atom is -0.382 e. The van der Waals surface area contributed by atoms with Crippen LogP contribution in [0.25, 0.3) is 0 Å². The maximum absolute atomic E-state index is 11.2. The molecule has 0 saturated carbocycles. The van der Waals surface area contributed by atoms with Crippen LogP contribution in [0, 0.1) is 0 Å². The number of hydrogen-bond donors (Lipinski definition) is 3. The molecule has 0 fully saturated rings. The molecule has 0 spiro atoms. The third-order valence-corrected chi connectivity index (χ3v) is 1.81. The molecule has 6 heteroatoms. The van der Waals surface area contributed by atoms with E-state index in [1.165, 1.54) is 0 Å². The van der Waals surface area contributed by atoms with Crippen LogP contribution in [0.3, 0.4) is 0 Å². The first-order chi connectivity index (χ1) is 8.20. The van der Waals surface area contributed by atoms with Gasteiger partial charge in [-0.3, -0.25) is 4.79 Å². The SMILES string of the molecule is C=CCNC(=O)CN=C(N)NCCCOCC. The summed E-state index contributed by atoms with van der Waals surface area (Å²) in [6.45, 7) is 8.00. The maximum atomic E-state index is 11.2. The molecule has 4 N–H and O–H groups in total. The Bertz CT molecular complexity index is 254. The highest BCUT2D eigenvalue weighted by Crippen LogP contribution is 1.80. The topological polar surface area (TPSA) is 88.7 Å². The van der Waals surface area contributed by atoms with Gasteiger partial charge in [-0.05, 0) is 13.3 Å². The van der Waals surface area contributed by atoms with E-state index >= 15 is 0 Å². The fraction of sp³-hybridized carbons (Fsp3) is 0.636. The normalized spacial score (nSPS) is 11.0. The lowest BCUT2D eigenvalue weighted by Crippen LogP contribution is -2.34. The van der Waals surface area contributed by atoms with E-state index in [0.717, 1.165) is 6.42 Å². The van der Waals surface area contributed by atoms with E-state index in [0.29, 0.717) is 26.3 Å². The van der Waals surface area contributed by atoms with Gasteiger partial charge >= 0.3 is 0 Å². The Balaban J connectivity index is 3.56. The predicted molar refractivity (Wildman–Crippen MR) is 68.8 cm³/mol. The van der Waals surface area contributed by atoms with E-state index in [1.54, 1.807) is 6.08 Å². The van der Waals surface area contributed by atoms with Crippen molar-refractivity contribution in [1.82, 2.24) is 10.6 Å². The number of nitrogens with one attached hydrogen (secondary N) is 2. The molecule has 0 aliphatic carbocycles. The van der Waals surface area contributed by atoms with Crippen LogP contribution in [0.5, 0.6) is 0 Å². The maximum Gasteiger partial charge on any atom is 0.242 e. The van der Waals surface area contributed by atoms with Crippen molar-refractivity contribution in [2.24, 2.45) is 10.7 Å². The zero-order chi connectivity index (χ0) is 12.9. The van der Waals surface area contributed by atoms with Crippen molar-refractivity contribution >= 4 is 11.9 Å². The molecule has 0 aromatic carbocycles. The predicted octanol–water partition coefficient (Wildman–Crippen LogP) is -0.380. The van der Waals surface area contributed by atoms with E-state index in [9.17, 15) is 4.79 Å². The lowest BCUT2D eigenvalue weighted by Gasteiger charge is -2.05. The van der Waals surface area contributed by atoms with Gasteiger partial charge in [0.2, 0.25) is 5.91 Å². The minimum absolute atomic E-state index is 0.0259. The van der Waals surface area contributed by atoms with Crippen LogP contribution < -0.4 is 16.4 Å². The quantitative estimate of drug-likeness (QED) is 0.222. The summed E-state index contributed by atoms with van der Waals surface area (Å²) < 4.78 is 5.16. The summed E-state index contributed by atoms with van der Waals surface area (Å²) >= 11 is 0. The van der Waals surface area contributed by atoms with Crippen molar-refractivity contribution in [3.63, 3.8) is 0 Å². The molecule has 1 amide bonds. The first-order valence-electron chi connectivity index (χ1n) is 5.69. The molecule has 0 unspecified atom stereocenters. The van der Waals surface area contributed by atoms with Crippen LogP contribution in [-0.4, -0.2) is 44.7 Å². The van der Waals surface area contributed by atoms with E-state index in [-0.39, 0.29) is 18.4 Å². The highest BCUT2D eigenvalue weighted by atomic mass is 16.5. The van der Waals surface area contributed by atoms with Gasteiger partial charge in [0.05, 0.1) is 0 Å². The van der Waals surface area contributed by atoms with Crippen molar-refractivity contribution in [2.45, 2.75) is 13.3 Å². The monoisotopic (exact) mass is 242 g/mol. The number of nitrogens with two attached hydrogens (primary N) is 1. The van der Waals surface area contributed by atoms with Crippen molar-refractivity contribution < 1.29 is 9.53 Å². The number of carbonyl (C=O) groups excluding carboxylic acids is 1. The van der Waals surface area contributed by atoms with Gasteiger partial charge in [-0.1, -0.05) is 6.08 Å². The van der Waals surface area contributed by atoms with Gasteiger partial charge in [-0.25, -0.2) is 4.99 Å². The lowest BCUT2D eigenvalue weighted by molar-refractivity contribution is -0.119. The fourth-order valence-corrected chi connectivity index (χ4v) is 0.990. The van der Waals surface area contributed by atoms with Gasteiger partial charge in [-0.15, -0.1) is 6.58 Å². The van der Waals surface area contributed by atoms with E-state index in [2.05, 4.69) is 22.2 Å². The molecule has 0 saturated heterocycles. The number of aliphatic imine (C=N–C) groups is 1. The molecule has 6 nitrogen and oxygen atoms in total. The summed E-state index contributed by atoms with van der Waals surface area (Å²) in [5.74, 6) is 0.0965. The average molecular weight is 242 g/mol. The highest BCUT2D eigenvalue weighted by Gasteiger charge is 1.97. The Morgan fingerprint density at radius 1 is 1.53 bits per heavy atom. The van der Waals surface area contributed by atoms with Crippen molar-refractivity contribution in [1.29, 1.82) is 0 Å². The third kappa shape index (κ3) is 10.7. The van der Waals surface area contributed by atoms with Crippen molar-refractivity contribution in [3.8, 4) is 0 Å². The molecule has 0 aliphatic rings. The molecule has 17 heavy (non-hydrogen) atoms. The fourth-order valence-electron chi connectivity index (χ4n) is 0.990. The second-order valence-corrected chi connectivity index (χ2v) is 3.27. The third-order valence-electron chi connectivity index (χ3n) is 1.81. The highest BCUT2D eigenvalue weighted by molar-refractivity contribution is 5.83. The summed E-state index contributed by atoms with van der Waals surface area (Å²) in [4.78, 5) is 15.0. The van der Waals surface area contributed by atoms with E-state index < -0.39 is 0 Å². The van der Waals surface area contributed by atoms with Gasteiger partial charge in [0.15, 0.2) is 5.96 Å². The first kappa shape index (κ1) is 15.4. The smallest absolute Gasteiger partial charge is 0.242 e. The minimum atomic E-state index is -0.177.